The van der Waals surface area contributed by atoms with Crippen molar-refractivity contribution < 1.29 is 9.53 Å². The number of rotatable bonds is 5. The van der Waals surface area contributed by atoms with Crippen molar-refractivity contribution in [1.29, 1.82) is 0 Å². The van der Waals surface area contributed by atoms with Gasteiger partial charge >= 0.3 is 0 Å². The zero-order chi connectivity index (χ0) is 17.1. The van der Waals surface area contributed by atoms with Gasteiger partial charge in [0.05, 0.1) is 19.3 Å². The summed E-state index contributed by atoms with van der Waals surface area (Å²) in [6.07, 6.45) is 3.38. The van der Waals surface area contributed by atoms with E-state index in [9.17, 15) is 4.79 Å². The number of amides is 1. The normalized spacial score (nSPS) is 27.0. The van der Waals surface area contributed by atoms with Gasteiger partial charge in [-0.05, 0) is 43.3 Å². The fourth-order valence-electron chi connectivity index (χ4n) is 4.54. The van der Waals surface area contributed by atoms with Crippen LogP contribution in [-0.4, -0.2) is 56.7 Å². The van der Waals surface area contributed by atoms with E-state index in [1.165, 1.54) is 5.56 Å². The van der Waals surface area contributed by atoms with Crippen LogP contribution in [0.15, 0.2) is 30.3 Å². The zero-order valence-corrected chi connectivity index (χ0v) is 14.9. The van der Waals surface area contributed by atoms with Crippen molar-refractivity contribution in [2.24, 2.45) is 11.3 Å². The first kappa shape index (κ1) is 17.0. The minimum atomic E-state index is 0.232. The minimum absolute atomic E-state index is 0.232. The van der Waals surface area contributed by atoms with E-state index < -0.39 is 0 Å². The van der Waals surface area contributed by atoms with Crippen LogP contribution in [-0.2, 0) is 9.53 Å². The summed E-state index contributed by atoms with van der Waals surface area (Å²) in [6.45, 7) is 6.21. The fourth-order valence-corrected chi connectivity index (χ4v) is 4.54. The lowest BCUT2D eigenvalue weighted by atomic mass is 9.91. The summed E-state index contributed by atoms with van der Waals surface area (Å²) in [6, 6.07) is 10.8. The van der Waals surface area contributed by atoms with Gasteiger partial charge in [-0.25, -0.2) is 0 Å². The second kappa shape index (κ2) is 7.44. The molecule has 3 fully saturated rings. The third kappa shape index (κ3) is 3.73. The molecule has 1 saturated carbocycles. The topological polar surface area (TPSA) is 53.6 Å². The summed E-state index contributed by atoms with van der Waals surface area (Å²) in [5.41, 5.74) is 1.58. The lowest BCUT2D eigenvalue weighted by molar-refractivity contribution is -0.123. The Labute approximate surface area is 150 Å². The van der Waals surface area contributed by atoms with Gasteiger partial charge in [0.15, 0.2) is 0 Å². The van der Waals surface area contributed by atoms with Crippen LogP contribution in [0.2, 0.25) is 0 Å². The second-order valence-electron chi connectivity index (χ2n) is 7.69. The fraction of sp³-hybridized carbons (Fsp3) is 0.650. The van der Waals surface area contributed by atoms with Crippen molar-refractivity contribution in [3.63, 3.8) is 0 Å². The largest absolute Gasteiger partial charge is 0.379 e. The van der Waals surface area contributed by atoms with Gasteiger partial charge in [0.1, 0.15) is 0 Å². The maximum Gasteiger partial charge on any atom is 0.223 e. The summed E-state index contributed by atoms with van der Waals surface area (Å²) in [5.74, 6) is 0.492. The Balaban J connectivity index is 1.38. The van der Waals surface area contributed by atoms with Crippen LogP contribution in [0.25, 0.3) is 0 Å². The van der Waals surface area contributed by atoms with Crippen molar-refractivity contribution in [3.05, 3.63) is 35.9 Å². The molecule has 1 amide bonds. The summed E-state index contributed by atoms with van der Waals surface area (Å²) in [7, 11) is 0. The molecular formula is C20H29N3O2. The van der Waals surface area contributed by atoms with Gasteiger partial charge < -0.3 is 15.4 Å². The quantitative estimate of drug-likeness (QED) is 0.852. The van der Waals surface area contributed by atoms with Crippen LogP contribution < -0.4 is 10.6 Å². The van der Waals surface area contributed by atoms with Crippen LogP contribution in [0.1, 0.15) is 30.9 Å². The molecule has 1 aliphatic carbocycles. The number of morpholine rings is 1. The van der Waals surface area contributed by atoms with Crippen LogP contribution in [0.5, 0.6) is 0 Å². The molecule has 3 aliphatic rings. The van der Waals surface area contributed by atoms with Crippen LogP contribution in [0.3, 0.4) is 0 Å². The van der Waals surface area contributed by atoms with Crippen molar-refractivity contribution in [2.45, 2.75) is 25.3 Å². The van der Waals surface area contributed by atoms with E-state index in [-0.39, 0.29) is 17.9 Å². The Hall–Kier alpha value is -1.43. The second-order valence-corrected chi connectivity index (χ2v) is 7.69. The highest BCUT2D eigenvalue weighted by Crippen LogP contribution is 2.58. The number of hydrogen-bond acceptors (Lipinski definition) is 4. The van der Waals surface area contributed by atoms with Crippen LogP contribution in [0.4, 0.5) is 0 Å². The van der Waals surface area contributed by atoms with Gasteiger partial charge in [-0.2, -0.15) is 0 Å². The molecule has 0 radical (unpaired) electrons. The smallest absolute Gasteiger partial charge is 0.223 e. The molecule has 5 heteroatoms. The first-order valence-corrected chi connectivity index (χ1v) is 9.64. The van der Waals surface area contributed by atoms with Crippen molar-refractivity contribution >= 4 is 5.91 Å². The van der Waals surface area contributed by atoms with Crippen molar-refractivity contribution in [2.75, 3.05) is 45.9 Å². The average molecular weight is 343 g/mol. The first-order valence-electron chi connectivity index (χ1n) is 9.64. The highest BCUT2D eigenvalue weighted by molar-refractivity contribution is 5.82. The maximum atomic E-state index is 12.7. The van der Waals surface area contributed by atoms with Crippen LogP contribution in [0, 0.1) is 11.3 Å². The molecule has 0 aromatic heterocycles. The Morgan fingerprint density at radius 2 is 1.96 bits per heavy atom. The molecule has 1 aromatic rings. The van der Waals surface area contributed by atoms with E-state index in [1.54, 1.807) is 0 Å². The van der Waals surface area contributed by atoms with E-state index in [0.717, 1.165) is 58.7 Å². The van der Waals surface area contributed by atoms with E-state index >= 15 is 0 Å². The Morgan fingerprint density at radius 3 is 2.68 bits per heavy atom. The number of piperidine rings is 1. The lowest BCUT2D eigenvalue weighted by Gasteiger charge is -2.35. The summed E-state index contributed by atoms with van der Waals surface area (Å²) >= 11 is 0. The Morgan fingerprint density at radius 1 is 1.24 bits per heavy atom. The molecule has 1 spiro atoms. The number of nitrogens with one attached hydrogen (secondary N) is 2. The van der Waals surface area contributed by atoms with E-state index in [1.807, 2.05) is 6.07 Å². The number of ether oxygens (including phenoxy) is 1. The molecule has 2 saturated heterocycles. The van der Waals surface area contributed by atoms with Crippen molar-refractivity contribution in [3.8, 4) is 0 Å². The van der Waals surface area contributed by atoms with E-state index in [4.69, 9.17) is 4.74 Å². The molecule has 5 nitrogen and oxygen atoms in total. The molecule has 1 aromatic carbocycles. The van der Waals surface area contributed by atoms with Gasteiger partial charge in [-0.3, -0.25) is 9.69 Å². The highest BCUT2D eigenvalue weighted by Gasteiger charge is 2.57. The zero-order valence-electron chi connectivity index (χ0n) is 14.9. The van der Waals surface area contributed by atoms with E-state index in [0.29, 0.717) is 12.0 Å². The Kier molecular flexibility index (Phi) is 5.06. The molecule has 2 atom stereocenters. The van der Waals surface area contributed by atoms with Gasteiger partial charge in [0.2, 0.25) is 5.91 Å². The van der Waals surface area contributed by atoms with Gasteiger partial charge in [-0.15, -0.1) is 0 Å². The molecular weight excluding hydrogens is 314 g/mol. The van der Waals surface area contributed by atoms with Crippen LogP contribution >= 0.6 is 0 Å². The molecule has 0 bridgehead atoms. The molecule has 2 aliphatic heterocycles. The minimum Gasteiger partial charge on any atom is -0.379 e. The van der Waals surface area contributed by atoms with Gasteiger partial charge in [0, 0.05) is 25.6 Å². The predicted molar refractivity (Wildman–Crippen MR) is 97.2 cm³/mol. The number of carbonyl (C=O) groups is 1. The van der Waals surface area contributed by atoms with Gasteiger partial charge in [-0.1, -0.05) is 30.3 Å². The molecule has 25 heavy (non-hydrogen) atoms. The maximum absolute atomic E-state index is 12.7. The molecule has 2 unspecified atom stereocenters. The molecule has 2 N–H and O–H groups in total. The third-order valence-corrected chi connectivity index (χ3v) is 6.25. The third-order valence-electron chi connectivity index (χ3n) is 6.25. The first-order chi connectivity index (χ1) is 12.3. The molecule has 136 valence electrons. The standard InChI is InChI=1S/C20H29N3O2/c24-19(17-14-20(17)6-8-21-9-7-20)22-15-18(16-4-2-1-3-5-16)23-10-12-25-13-11-23/h1-5,17-18,21H,6-15H2,(H,22,24). The monoisotopic (exact) mass is 343 g/mol. The highest BCUT2D eigenvalue weighted by atomic mass is 16.5. The summed E-state index contributed by atoms with van der Waals surface area (Å²) in [5, 5.41) is 6.67. The lowest BCUT2D eigenvalue weighted by Crippen LogP contribution is -2.44. The number of nitrogens with zero attached hydrogens (tertiary/aromatic N) is 1. The van der Waals surface area contributed by atoms with Crippen molar-refractivity contribution in [1.82, 2.24) is 15.5 Å². The van der Waals surface area contributed by atoms with E-state index in [2.05, 4.69) is 39.8 Å². The number of carbonyl (C=O) groups excluding carboxylic acids is 1. The number of benzene rings is 1. The predicted octanol–water partition coefficient (Wildman–Crippen LogP) is 1.57. The SMILES string of the molecule is O=C(NCC(c1ccccc1)N1CCOCC1)C1CC12CCNCC2. The average Bonchev–Trinajstić information content (AvgIpc) is 3.37. The molecule has 4 rings (SSSR count). The summed E-state index contributed by atoms with van der Waals surface area (Å²) in [4.78, 5) is 15.2. The van der Waals surface area contributed by atoms with Gasteiger partial charge in [0.25, 0.3) is 0 Å². The Bertz CT molecular complexity index is 580. The summed E-state index contributed by atoms with van der Waals surface area (Å²) < 4.78 is 5.50. The number of hydrogen-bond donors (Lipinski definition) is 2. The molecule has 2 heterocycles.